The van der Waals surface area contributed by atoms with Crippen LogP contribution in [-0.2, 0) is 6.54 Å². The fourth-order valence-electron chi connectivity index (χ4n) is 2.33. The van der Waals surface area contributed by atoms with E-state index in [-0.39, 0.29) is 5.56 Å². The van der Waals surface area contributed by atoms with E-state index in [1.165, 1.54) is 6.07 Å². The van der Waals surface area contributed by atoms with Gasteiger partial charge in [0.1, 0.15) is 0 Å². The summed E-state index contributed by atoms with van der Waals surface area (Å²) in [5.74, 6) is 0.563. The summed E-state index contributed by atoms with van der Waals surface area (Å²) >= 11 is 0. The van der Waals surface area contributed by atoms with Crippen LogP contribution in [0.2, 0.25) is 0 Å². The van der Waals surface area contributed by atoms with E-state index < -0.39 is 6.43 Å². The average Bonchev–Trinajstić information content (AvgIpc) is 2.77. The molecule has 1 aliphatic heterocycles. The second kappa shape index (κ2) is 5.56. The van der Waals surface area contributed by atoms with Crippen molar-refractivity contribution < 1.29 is 8.78 Å². The lowest BCUT2D eigenvalue weighted by atomic mass is 10.1. The van der Waals surface area contributed by atoms with Gasteiger partial charge in [-0.2, -0.15) is 0 Å². The molecule has 2 rings (SSSR count). The van der Waals surface area contributed by atoms with Crippen LogP contribution in [0.4, 0.5) is 8.78 Å². The van der Waals surface area contributed by atoms with E-state index in [1.54, 1.807) is 12.1 Å². The fraction of sp³-hybridized carbons (Fsp3) is 0.538. The highest BCUT2D eigenvalue weighted by atomic mass is 19.3. The molecule has 0 spiro atoms. The van der Waals surface area contributed by atoms with Crippen LogP contribution >= 0.6 is 0 Å². The molecule has 17 heavy (non-hydrogen) atoms. The van der Waals surface area contributed by atoms with Crippen LogP contribution in [0.5, 0.6) is 0 Å². The molecule has 0 amide bonds. The van der Waals surface area contributed by atoms with Crippen molar-refractivity contribution in [3.8, 4) is 0 Å². The van der Waals surface area contributed by atoms with E-state index in [0.717, 1.165) is 31.6 Å². The Morgan fingerprint density at radius 3 is 2.88 bits per heavy atom. The Morgan fingerprint density at radius 2 is 2.24 bits per heavy atom. The van der Waals surface area contributed by atoms with Crippen molar-refractivity contribution in [1.29, 1.82) is 0 Å². The fourth-order valence-corrected chi connectivity index (χ4v) is 2.33. The molecule has 2 nitrogen and oxygen atoms in total. The molecule has 1 heterocycles. The number of rotatable bonds is 4. The maximum atomic E-state index is 12.5. The second-order valence-corrected chi connectivity index (χ2v) is 4.67. The minimum atomic E-state index is -2.38. The Kier molecular flexibility index (Phi) is 4.07. The van der Waals surface area contributed by atoms with Gasteiger partial charge in [0.05, 0.1) is 0 Å². The number of likely N-dealkylation sites (tertiary alicyclic amines) is 1. The number of nitrogens with zero attached hydrogens (tertiary/aromatic N) is 1. The zero-order valence-corrected chi connectivity index (χ0v) is 9.78. The van der Waals surface area contributed by atoms with Gasteiger partial charge in [-0.3, -0.25) is 4.90 Å². The van der Waals surface area contributed by atoms with E-state index in [2.05, 4.69) is 4.90 Å². The van der Waals surface area contributed by atoms with Crippen LogP contribution in [0.1, 0.15) is 24.0 Å². The Balaban J connectivity index is 1.97. The molecule has 94 valence electrons. The number of hydrogen-bond acceptors (Lipinski definition) is 2. The van der Waals surface area contributed by atoms with Crippen LogP contribution in [0.25, 0.3) is 0 Å². The maximum absolute atomic E-state index is 12.5. The summed E-state index contributed by atoms with van der Waals surface area (Å²) in [6.45, 7) is 3.46. The third kappa shape index (κ3) is 3.23. The molecule has 0 saturated carbocycles. The van der Waals surface area contributed by atoms with Crippen molar-refractivity contribution in [2.75, 3.05) is 19.6 Å². The van der Waals surface area contributed by atoms with Crippen molar-refractivity contribution in [3.63, 3.8) is 0 Å². The summed E-state index contributed by atoms with van der Waals surface area (Å²) in [4.78, 5) is 2.28. The predicted octanol–water partition coefficient (Wildman–Crippen LogP) is 2.40. The number of alkyl halides is 2. The normalized spacial score (nSPS) is 21.3. The lowest BCUT2D eigenvalue weighted by molar-refractivity contribution is 0.151. The molecule has 1 aromatic carbocycles. The smallest absolute Gasteiger partial charge is 0.263 e. The van der Waals surface area contributed by atoms with Gasteiger partial charge in [0.25, 0.3) is 6.43 Å². The third-order valence-electron chi connectivity index (χ3n) is 3.31. The topological polar surface area (TPSA) is 29.3 Å². The molecule has 1 fully saturated rings. The van der Waals surface area contributed by atoms with Crippen LogP contribution in [0.15, 0.2) is 24.3 Å². The molecule has 0 aliphatic carbocycles. The molecule has 1 atom stereocenters. The molecule has 0 aromatic heterocycles. The van der Waals surface area contributed by atoms with Gasteiger partial charge in [-0.25, -0.2) is 8.78 Å². The SMILES string of the molecule is NCC1CCN(Cc2cccc(C(F)F)c2)C1. The van der Waals surface area contributed by atoms with Gasteiger partial charge >= 0.3 is 0 Å². The summed E-state index contributed by atoms with van der Waals surface area (Å²) in [6, 6.07) is 6.68. The third-order valence-corrected chi connectivity index (χ3v) is 3.31. The van der Waals surface area contributed by atoms with Crippen molar-refractivity contribution >= 4 is 0 Å². The molecule has 1 unspecified atom stereocenters. The van der Waals surface area contributed by atoms with E-state index in [9.17, 15) is 8.78 Å². The summed E-state index contributed by atoms with van der Waals surface area (Å²) in [5.41, 5.74) is 6.69. The van der Waals surface area contributed by atoms with Gasteiger partial charge in [-0.05, 0) is 37.1 Å². The lowest BCUT2D eigenvalue weighted by Gasteiger charge is -2.16. The summed E-state index contributed by atoms with van der Waals surface area (Å²) in [6.07, 6.45) is -1.27. The molecular weight excluding hydrogens is 222 g/mol. The highest BCUT2D eigenvalue weighted by Gasteiger charge is 2.21. The zero-order valence-electron chi connectivity index (χ0n) is 9.78. The quantitative estimate of drug-likeness (QED) is 0.875. The first kappa shape index (κ1) is 12.5. The van der Waals surface area contributed by atoms with Gasteiger partial charge in [-0.1, -0.05) is 18.2 Å². The van der Waals surface area contributed by atoms with Gasteiger partial charge in [0.15, 0.2) is 0 Å². The van der Waals surface area contributed by atoms with E-state index >= 15 is 0 Å². The Hall–Kier alpha value is -1.00. The largest absolute Gasteiger partial charge is 0.330 e. The molecule has 4 heteroatoms. The second-order valence-electron chi connectivity index (χ2n) is 4.67. The van der Waals surface area contributed by atoms with Crippen molar-refractivity contribution in [2.45, 2.75) is 19.4 Å². The summed E-state index contributed by atoms with van der Waals surface area (Å²) in [5, 5.41) is 0. The average molecular weight is 240 g/mol. The number of halogens is 2. The molecule has 0 bridgehead atoms. The first-order chi connectivity index (χ1) is 8.19. The standard InChI is InChI=1S/C13H18F2N2/c14-13(15)12-3-1-2-10(6-12)8-17-5-4-11(7-16)9-17/h1-3,6,11,13H,4-5,7-9,16H2. The Labute approximate surface area is 100 Å². The number of nitrogens with two attached hydrogens (primary N) is 1. The monoisotopic (exact) mass is 240 g/mol. The first-order valence-corrected chi connectivity index (χ1v) is 5.98. The van der Waals surface area contributed by atoms with Gasteiger partial charge in [0.2, 0.25) is 0 Å². The van der Waals surface area contributed by atoms with Gasteiger partial charge in [-0.15, -0.1) is 0 Å². The molecule has 2 N–H and O–H groups in total. The molecule has 1 aromatic rings. The molecule has 1 aliphatic rings. The number of hydrogen-bond donors (Lipinski definition) is 1. The Morgan fingerprint density at radius 1 is 1.41 bits per heavy atom. The lowest BCUT2D eigenvalue weighted by Crippen LogP contribution is -2.22. The predicted molar refractivity (Wildman–Crippen MR) is 63.8 cm³/mol. The first-order valence-electron chi connectivity index (χ1n) is 5.98. The van der Waals surface area contributed by atoms with Crippen molar-refractivity contribution in [2.24, 2.45) is 11.7 Å². The summed E-state index contributed by atoms with van der Waals surface area (Å²) < 4.78 is 25.1. The highest BCUT2D eigenvalue weighted by molar-refractivity contribution is 5.24. The van der Waals surface area contributed by atoms with Crippen LogP contribution in [0.3, 0.4) is 0 Å². The molecule has 1 saturated heterocycles. The van der Waals surface area contributed by atoms with Crippen molar-refractivity contribution in [3.05, 3.63) is 35.4 Å². The molecular formula is C13H18F2N2. The van der Waals surface area contributed by atoms with Gasteiger partial charge < -0.3 is 5.73 Å². The van der Waals surface area contributed by atoms with Crippen molar-refractivity contribution in [1.82, 2.24) is 4.90 Å². The van der Waals surface area contributed by atoms with Crippen LogP contribution < -0.4 is 5.73 Å². The Bertz CT molecular complexity index is 368. The summed E-state index contributed by atoms with van der Waals surface area (Å²) in [7, 11) is 0. The highest BCUT2D eigenvalue weighted by Crippen LogP contribution is 2.22. The minimum absolute atomic E-state index is 0.108. The van der Waals surface area contributed by atoms with E-state index in [0.29, 0.717) is 12.5 Å². The van der Waals surface area contributed by atoms with E-state index in [4.69, 9.17) is 5.73 Å². The van der Waals surface area contributed by atoms with Crippen LogP contribution in [0, 0.1) is 5.92 Å². The maximum Gasteiger partial charge on any atom is 0.263 e. The van der Waals surface area contributed by atoms with Crippen LogP contribution in [-0.4, -0.2) is 24.5 Å². The van der Waals surface area contributed by atoms with Gasteiger partial charge in [0, 0.05) is 18.7 Å². The zero-order chi connectivity index (χ0) is 12.3. The molecule has 0 radical (unpaired) electrons. The number of benzene rings is 1. The minimum Gasteiger partial charge on any atom is -0.330 e. The van der Waals surface area contributed by atoms with E-state index in [1.807, 2.05) is 6.07 Å².